The Morgan fingerprint density at radius 1 is 1.07 bits per heavy atom. The summed E-state index contributed by atoms with van der Waals surface area (Å²) < 4.78 is 31.6. The first-order chi connectivity index (χ1) is 13.0. The first kappa shape index (κ1) is 20.0. The second-order valence-corrected chi connectivity index (χ2v) is 8.87. The molecule has 1 aliphatic rings. The molecule has 0 radical (unpaired) electrons. The van der Waals surface area contributed by atoms with Crippen LogP contribution in [0.5, 0.6) is 0 Å². The van der Waals surface area contributed by atoms with Crippen LogP contribution in [0, 0.1) is 6.92 Å². The number of ether oxygens (including phenoxy) is 1. The van der Waals surface area contributed by atoms with Crippen molar-refractivity contribution in [1.82, 2.24) is 5.32 Å². The van der Waals surface area contributed by atoms with Crippen LogP contribution >= 0.6 is 19.8 Å². The average molecular weight is 405 g/mol. The molecule has 1 aliphatic heterocycles. The number of rotatable bonds is 7. The van der Waals surface area contributed by atoms with Crippen LogP contribution in [0.4, 0.5) is 0 Å². The Kier molecular flexibility index (Phi) is 6.02. The molecule has 27 heavy (non-hydrogen) atoms. The highest BCUT2D eigenvalue weighted by molar-refractivity contribution is 7.80. The second-order valence-electron chi connectivity index (χ2n) is 6.29. The number of hydrogen-bond acceptors (Lipinski definition) is 5. The summed E-state index contributed by atoms with van der Waals surface area (Å²) in [5, 5.41) is 2.05. The van der Waals surface area contributed by atoms with Crippen molar-refractivity contribution in [2.45, 2.75) is 32.2 Å². The van der Waals surface area contributed by atoms with Gasteiger partial charge in [-0.15, -0.1) is 0 Å². The monoisotopic (exact) mass is 405 g/mol. The molecular weight excluding hydrogens is 381 g/mol. The molecule has 144 valence electrons. The van der Waals surface area contributed by atoms with Crippen LogP contribution in [0.2, 0.25) is 0 Å². The molecule has 2 atom stereocenters. The summed E-state index contributed by atoms with van der Waals surface area (Å²) >= 11 is 5.34. The highest BCUT2D eigenvalue weighted by Crippen LogP contribution is 2.70. The van der Waals surface area contributed by atoms with Crippen molar-refractivity contribution < 1.29 is 18.3 Å². The Labute approximate surface area is 165 Å². The van der Waals surface area contributed by atoms with E-state index in [0.717, 1.165) is 16.7 Å². The maximum Gasteiger partial charge on any atom is 0.364 e. The molecule has 1 saturated heterocycles. The van der Waals surface area contributed by atoms with Crippen LogP contribution < -0.4 is 5.32 Å². The van der Waals surface area contributed by atoms with Crippen LogP contribution in [-0.2, 0) is 23.6 Å². The van der Waals surface area contributed by atoms with E-state index in [1.54, 1.807) is 13.8 Å². The third kappa shape index (κ3) is 3.55. The number of nitrogens with one attached hydrogen (secondary N) is 1. The van der Waals surface area contributed by atoms with Crippen LogP contribution in [0.1, 0.15) is 36.6 Å². The van der Waals surface area contributed by atoms with Crippen LogP contribution in [0.3, 0.4) is 0 Å². The van der Waals surface area contributed by atoms with E-state index in [-0.39, 0.29) is 18.4 Å². The molecule has 0 saturated carbocycles. The van der Waals surface area contributed by atoms with E-state index in [4.69, 9.17) is 26.0 Å². The third-order valence-electron chi connectivity index (χ3n) is 4.52. The van der Waals surface area contributed by atoms with Gasteiger partial charge in [0.05, 0.1) is 13.2 Å². The van der Waals surface area contributed by atoms with Crippen molar-refractivity contribution in [2.24, 2.45) is 0 Å². The highest BCUT2D eigenvalue weighted by Gasteiger charge is 2.63. The van der Waals surface area contributed by atoms with Gasteiger partial charge in [0.1, 0.15) is 0 Å². The molecule has 2 aromatic rings. The van der Waals surface area contributed by atoms with Crippen molar-refractivity contribution in [3.8, 4) is 0 Å². The predicted octanol–water partition coefficient (Wildman–Crippen LogP) is 5.06. The fraction of sp³-hybridized carbons (Fsp3) is 0.350. The lowest BCUT2D eigenvalue weighted by atomic mass is 9.95. The number of benzene rings is 2. The molecule has 0 aromatic heterocycles. The number of aryl methyl sites for hydroxylation is 1. The van der Waals surface area contributed by atoms with Crippen molar-refractivity contribution in [1.29, 1.82) is 0 Å². The Hall–Kier alpha value is -1.72. The molecule has 7 heteroatoms. The largest absolute Gasteiger partial charge is 0.459 e. The standard InChI is InChI=1S/C20H24NO4PS/c1-4-23-26(22,24-5-2)20(17-9-7-6-8-10-17)18(25-19(27)21-20)16-13-11-15(3)12-14-16/h6-14,18H,4-5H2,1-3H3,(H,21,27)/t18-,20-/m1/s1. The van der Waals surface area contributed by atoms with Gasteiger partial charge >= 0.3 is 7.60 Å². The Morgan fingerprint density at radius 2 is 1.67 bits per heavy atom. The van der Waals surface area contributed by atoms with Crippen LogP contribution in [0.15, 0.2) is 54.6 Å². The maximum atomic E-state index is 14.1. The minimum atomic E-state index is -3.71. The molecule has 0 aliphatic carbocycles. The first-order valence-corrected chi connectivity index (χ1v) is 10.9. The van der Waals surface area contributed by atoms with Crippen molar-refractivity contribution in [3.05, 3.63) is 71.3 Å². The first-order valence-electron chi connectivity index (χ1n) is 8.97. The average Bonchev–Trinajstić information content (AvgIpc) is 3.02. The van der Waals surface area contributed by atoms with E-state index in [2.05, 4.69) is 5.32 Å². The number of hydrogen-bond donors (Lipinski definition) is 1. The Bertz CT molecular complexity index is 833. The van der Waals surface area contributed by atoms with Gasteiger partial charge in [-0.2, -0.15) is 0 Å². The Morgan fingerprint density at radius 3 is 2.22 bits per heavy atom. The van der Waals surface area contributed by atoms with Gasteiger partial charge in [-0.1, -0.05) is 60.2 Å². The van der Waals surface area contributed by atoms with Gasteiger partial charge < -0.3 is 19.1 Å². The molecule has 1 N–H and O–H groups in total. The quantitative estimate of drug-likeness (QED) is 0.513. The topological polar surface area (TPSA) is 56.8 Å². The third-order valence-corrected chi connectivity index (χ3v) is 7.38. The molecule has 0 amide bonds. The summed E-state index contributed by atoms with van der Waals surface area (Å²) in [6.45, 7) is 6.07. The van der Waals surface area contributed by atoms with E-state index in [0.29, 0.717) is 0 Å². The van der Waals surface area contributed by atoms with Gasteiger partial charge in [0.15, 0.2) is 6.10 Å². The normalized spacial score (nSPS) is 22.3. The molecule has 2 aromatic carbocycles. The minimum Gasteiger partial charge on any atom is -0.459 e. The zero-order valence-corrected chi connectivity index (χ0v) is 17.4. The summed E-state index contributed by atoms with van der Waals surface area (Å²) in [7, 11) is -3.71. The van der Waals surface area contributed by atoms with E-state index in [9.17, 15) is 4.57 Å². The fourth-order valence-electron chi connectivity index (χ4n) is 3.36. The van der Waals surface area contributed by atoms with Crippen molar-refractivity contribution in [2.75, 3.05) is 13.2 Å². The van der Waals surface area contributed by atoms with E-state index < -0.39 is 19.0 Å². The number of thiocarbonyl (C=S) groups is 1. The smallest absolute Gasteiger partial charge is 0.364 e. The van der Waals surface area contributed by atoms with Gasteiger partial charge in [-0.05, 0) is 44.1 Å². The summed E-state index contributed by atoms with van der Waals surface area (Å²) in [5.41, 5.74) is 2.70. The highest BCUT2D eigenvalue weighted by atomic mass is 32.1. The van der Waals surface area contributed by atoms with Crippen LogP contribution in [0.25, 0.3) is 0 Å². The maximum absolute atomic E-state index is 14.1. The lowest BCUT2D eigenvalue weighted by molar-refractivity contribution is 0.136. The summed E-state index contributed by atoms with van der Waals surface area (Å²) in [6, 6.07) is 17.3. The molecule has 1 heterocycles. The predicted molar refractivity (Wildman–Crippen MR) is 110 cm³/mol. The summed E-state index contributed by atoms with van der Waals surface area (Å²) in [4.78, 5) is 0. The molecule has 3 rings (SSSR count). The summed E-state index contributed by atoms with van der Waals surface area (Å²) in [5.74, 6) is 0. The SMILES string of the molecule is CCOP(=O)(OCC)[C@@]1(c2ccccc2)NC(=S)O[C@@H]1c1ccc(C)cc1. The van der Waals surface area contributed by atoms with Crippen molar-refractivity contribution in [3.63, 3.8) is 0 Å². The zero-order valence-electron chi connectivity index (χ0n) is 15.7. The van der Waals surface area contributed by atoms with Crippen LogP contribution in [-0.4, -0.2) is 18.4 Å². The lowest BCUT2D eigenvalue weighted by Crippen LogP contribution is -2.43. The minimum absolute atomic E-state index is 0.170. The molecule has 0 bridgehead atoms. The summed E-state index contributed by atoms with van der Waals surface area (Å²) in [6.07, 6.45) is -0.656. The van der Waals surface area contributed by atoms with Gasteiger partial charge in [-0.25, -0.2) is 0 Å². The molecule has 1 fully saturated rings. The molecule has 0 spiro atoms. The lowest BCUT2D eigenvalue weighted by Gasteiger charge is -2.38. The van der Waals surface area contributed by atoms with Crippen molar-refractivity contribution >= 4 is 25.0 Å². The molecular formula is C20H24NO4PS. The zero-order chi connectivity index (χ0) is 19.5. The van der Waals surface area contributed by atoms with Gasteiger partial charge in [0.25, 0.3) is 5.17 Å². The molecule has 5 nitrogen and oxygen atoms in total. The molecule has 0 unspecified atom stereocenters. The van der Waals surface area contributed by atoms with Gasteiger partial charge in [-0.3, -0.25) is 4.57 Å². The van der Waals surface area contributed by atoms with Gasteiger partial charge in [0, 0.05) is 0 Å². The second kappa shape index (κ2) is 8.11. The van der Waals surface area contributed by atoms with E-state index in [1.165, 1.54) is 0 Å². The van der Waals surface area contributed by atoms with E-state index >= 15 is 0 Å². The van der Waals surface area contributed by atoms with E-state index in [1.807, 2.05) is 61.5 Å². The Balaban J connectivity index is 2.26. The van der Waals surface area contributed by atoms with Gasteiger partial charge in [0.2, 0.25) is 5.28 Å². The fourth-order valence-corrected chi connectivity index (χ4v) is 6.05.